The van der Waals surface area contributed by atoms with Gasteiger partial charge in [0.1, 0.15) is 0 Å². The molecule has 0 radical (unpaired) electrons. The van der Waals surface area contributed by atoms with E-state index >= 15 is 0 Å². The maximum atomic E-state index is 3.90. The molecule has 0 fully saturated rings. The van der Waals surface area contributed by atoms with Gasteiger partial charge in [0.15, 0.2) is 0 Å². The monoisotopic (exact) mass is 224 g/mol. The van der Waals surface area contributed by atoms with E-state index in [0.717, 1.165) is 17.6 Å². The van der Waals surface area contributed by atoms with Gasteiger partial charge in [-0.05, 0) is 31.4 Å². The number of hydrogen-bond acceptors (Lipinski definition) is 0. The van der Waals surface area contributed by atoms with Gasteiger partial charge in [-0.15, -0.1) is 0 Å². The van der Waals surface area contributed by atoms with Crippen LogP contribution in [0.15, 0.2) is 25.3 Å². The third-order valence-electron chi connectivity index (χ3n) is 3.22. The van der Waals surface area contributed by atoms with Crippen molar-refractivity contribution in [3.05, 3.63) is 25.3 Å². The van der Waals surface area contributed by atoms with Gasteiger partial charge in [-0.25, -0.2) is 0 Å². The van der Waals surface area contributed by atoms with Crippen LogP contribution < -0.4 is 0 Å². The molecular formula is C15H30N+. The first kappa shape index (κ1) is 15.4. The number of hydrogen-bond donors (Lipinski definition) is 0. The van der Waals surface area contributed by atoms with Crippen LogP contribution in [0.4, 0.5) is 0 Å². The predicted molar refractivity (Wildman–Crippen MR) is 74.6 cm³/mol. The molecule has 0 aliphatic carbocycles. The molecule has 0 bridgehead atoms. The van der Waals surface area contributed by atoms with E-state index in [2.05, 4.69) is 39.2 Å². The Kier molecular flexibility index (Phi) is 9.31. The molecule has 94 valence electrons. The summed E-state index contributed by atoms with van der Waals surface area (Å²) in [5.74, 6) is 0. The van der Waals surface area contributed by atoms with Gasteiger partial charge in [-0.1, -0.05) is 39.8 Å². The molecule has 0 heterocycles. The molecule has 0 aliphatic heterocycles. The molecule has 1 nitrogen and oxygen atoms in total. The zero-order valence-corrected chi connectivity index (χ0v) is 11.4. The van der Waals surface area contributed by atoms with Gasteiger partial charge in [0, 0.05) is 0 Å². The third kappa shape index (κ3) is 6.12. The molecule has 1 heteroatoms. The molecule has 0 aromatic heterocycles. The first-order valence-electron chi connectivity index (χ1n) is 6.81. The molecule has 16 heavy (non-hydrogen) atoms. The second-order valence-electron chi connectivity index (χ2n) is 4.79. The quantitative estimate of drug-likeness (QED) is 0.281. The Balaban J connectivity index is 4.22. The fourth-order valence-electron chi connectivity index (χ4n) is 2.45. The highest BCUT2D eigenvalue weighted by Gasteiger charge is 2.22. The van der Waals surface area contributed by atoms with Crippen molar-refractivity contribution in [3.8, 4) is 0 Å². The second kappa shape index (κ2) is 9.65. The van der Waals surface area contributed by atoms with Crippen molar-refractivity contribution in [2.45, 2.75) is 46.0 Å². The van der Waals surface area contributed by atoms with Crippen molar-refractivity contribution in [2.75, 3.05) is 26.2 Å². The summed E-state index contributed by atoms with van der Waals surface area (Å²) in [7, 11) is 0. The summed E-state index contributed by atoms with van der Waals surface area (Å²) < 4.78 is 1.16. The van der Waals surface area contributed by atoms with Crippen molar-refractivity contribution < 1.29 is 4.48 Å². The van der Waals surface area contributed by atoms with Crippen LogP contribution >= 0.6 is 0 Å². The van der Waals surface area contributed by atoms with Gasteiger partial charge >= 0.3 is 0 Å². The van der Waals surface area contributed by atoms with E-state index in [1.54, 1.807) is 0 Å². The summed E-state index contributed by atoms with van der Waals surface area (Å²) in [6.07, 6.45) is 10.8. The van der Waals surface area contributed by atoms with Crippen LogP contribution in [0.25, 0.3) is 0 Å². The van der Waals surface area contributed by atoms with Crippen molar-refractivity contribution in [1.82, 2.24) is 0 Å². The van der Waals surface area contributed by atoms with Gasteiger partial charge in [-0.2, -0.15) is 0 Å². The largest absolute Gasteiger partial charge is 0.317 e. The Labute approximate surface area is 102 Å². The Morgan fingerprint density at radius 2 is 1.44 bits per heavy atom. The van der Waals surface area contributed by atoms with Gasteiger partial charge in [0.2, 0.25) is 0 Å². The second-order valence-corrected chi connectivity index (χ2v) is 4.79. The Hall–Kier alpha value is -0.560. The van der Waals surface area contributed by atoms with Gasteiger partial charge in [-0.3, -0.25) is 0 Å². The molecule has 0 saturated heterocycles. The maximum absolute atomic E-state index is 3.90. The summed E-state index contributed by atoms with van der Waals surface area (Å²) in [4.78, 5) is 0. The van der Waals surface area contributed by atoms with Crippen molar-refractivity contribution in [3.63, 3.8) is 0 Å². The average Bonchev–Trinajstić information content (AvgIpc) is 2.26. The summed E-state index contributed by atoms with van der Waals surface area (Å²) >= 11 is 0. The van der Waals surface area contributed by atoms with Crippen LogP contribution in [0.3, 0.4) is 0 Å². The highest BCUT2D eigenvalue weighted by Crippen LogP contribution is 2.13. The fourth-order valence-corrected chi connectivity index (χ4v) is 2.45. The highest BCUT2D eigenvalue weighted by molar-refractivity contribution is 4.72. The Morgan fingerprint density at radius 1 is 0.812 bits per heavy atom. The zero-order valence-electron chi connectivity index (χ0n) is 11.4. The lowest BCUT2D eigenvalue weighted by Gasteiger charge is -2.37. The lowest BCUT2D eigenvalue weighted by atomic mass is 10.1. The summed E-state index contributed by atoms with van der Waals surface area (Å²) in [5.41, 5.74) is 0. The summed E-state index contributed by atoms with van der Waals surface area (Å²) in [5, 5.41) is 0. The van der Waals surface area contributed by atoms with E-state index in [-0.39, 0.29) is 0 Å². The predicted octanol–water partition coefficient (Wildman–Crippen LogP) is 4.17. The molecule has 0 aromatic carbocycles. The lowest BCUT2D eigenvalue weighted by Crippen LogP contribution is -2.49. The number of rotatable bonds is 11. The standard InChI is InChI=1S/C15H30N/c1-5-9-10-11-15-16(12-6-2,13-7-3)14-8-4/h6-7H,2-3,5,8-15H2,1,4H3/q+1. The first-order chi connectivity index (χ1) is 7.74. The van der Waals surface area contributed by atoms with Gasteiger partial charge in [0.05, 0.1) is 26.2 Å². The number of unbranched alkanes of at least 4 members (excludes halogenated alkanes) is 3. The van der Waals surface area contributed by atoms with Gasteiger partial charge in [0.25, 0.3) is 0 Å². The van der Waals surface area contributed by atoms with Gasteiger partial charge < -0.3 is 4.48 Å². The number of quaternary nitrogens is 1. The van der Waals surface area contributed by atoms with Crippen LogP contribution in [0.1, 0.15) is 46.0 Å². The molecule has 0 rings (SSSR count). The molecule has 0 amide bonds. The average molecular weight is 224 g/mol. The van der Waals surface area contributed by atoms with Crippen LogP contribution in [0, 0.1) is 0 Å². The minimum Gasteiger partial charge on any atom is -0.317 e. The molecule has 0 spiro atoms. The highest BCUT2D eigenvalue weighted by atomic mass is 15.3. The molecule has 0 N–H and O–H groups in total. The van der Waals surface area contributed by atoms with E-state index in [1.807, 2.05) is 0 Å². The topological polar surface area (TPSA) is 0 Å². The maximum Gasteiger partial charge on any atom is 0.0973 e. The van der Waals surface area contributed by atoms with Crippen molar-refractivity contribution in [1.29, 1.82) is 0 Å². The minimum absolute atomic E-state index is 1.09. The Bertz CT molecular complexity index is 174. The van der Waals surface area contributed by atoms with E-state index in [1.165, 1.54) is 45.2 Å². The lowest BCUT2D eigenvalue weighted by molar-refractivity contribution is -0.917. The minimum atomic E-state index is 1.09. The SMILES string of the molecule is C=CC[N+](CC=C)(CCC)CCCCCC. The fraction of sp³-hybridized carbons (Fsp3) is 0.733. The number of nitrogens with zero attached hydrogens (tertiary/aromatic N) is 1. The van der Waals surface area contributed by atoms with E-state index in [0.29, 0.717) is 0 Å². The molecule has 0 atom stereocenters. The van der Waals surface area contributed by atoms with E-state index in [4.69, 9.17) is 0 Å². The first-order valence-corrected chi connectivity index (χ1v) is 6.81. The van der Waals surface area contributed by atoms with E-state index in [9.17, 15) is 0 Å². The third-order valence-corrected chi connectivity index (χ3v) is 3.22. The summed E-state index contributed by atoms with van der Waals surface area (Å²) in [6, 6.07) is 0. The van der Waals surface area contributed by atoms with Crippen molar-refractivity contribution >= 4 is 0 Å². The normalized spacial score (nSPS) is 11.4. The molecule has 0 unspecified atom stereocenters. The van der Waals surface area contributed by atoms with Crippen LogP contribution in [0.5, 0.6) is 0 Å². The van der Waals surface area contributed by atoms with Crippen molar-refractivity contribution in [2.24, 2.45) is 0 Å². The zero-order chi connectivity index (χ0) is 12.3. The van der Waals surface area contributed by atoms with Crippen LogP contribution in [-0.4, -0.2) is 30.7 Å². The summed E-state index contributed by atoms with van der Waals surface area (Å²) in [6.45, 7) is 17.1. The van der Waals surface area contributed by atoms with Crippen LogP contribution in [-0.2, 0) is 0 Å². The molecule has 0 saturated carbocycles. The molecule has 0 aliphatic rings. The Morgan fingerprint density at radius 3 is 1.88 bits per heavy atom. The van der Waals surface area contributed by atoms with Crippen LogP contribution in [0.2, 0.25) is 0 Å². The van der Waals surface area contributed by atoms with E-state index < -0.39 is 0 Å². The smallest absolute Gasteiger partial charge is 0.0973 e. The molecular weight excluding hydrogens is 194 g/mol. The molecule has 0 aromatic rings.